The van der Waals surface area contributed by atoms with Crippen molar-refractivity contribution < 1.29 is 19.5 Å². The van der Waals surface area contributed by atoms with Gasteiger partial charge >= 0.3 is 0 Å². The Balaban J connectivity index is 1.58. The summed E-state index contributed by atoms with van der Waals surface area (Å²) >= 11 is 1.60. The van der Waals surface area contributed by atoms with Gasteiger partial charge in [-0.3, -0.25) is 14.4 Å². The van der Waals surface area contributed by atoms with Crippen molar-refractivity contribution in [2.24, 2.45) is 17.1 Å². The number of hydrogen-bond donors (Lipinski definition) is 3. The summed E-state index contributed by atoms with van der Waals surface area (Å²) in [6.07, 6.45) is 7.54. The van der Waals surface area contributed by atoms with Gasteiger partial charge in [-0.1, -0.05) is 77.1 Å². The van der Waals surface area contributed by atoms with Crippen molar-refractivity contribution in [2.45, 2.75) is 117 Å². The van der Waals surface area contributed by atoms with Gasteiger partial charge in [0, 0.05) is 31.7 Å². The monoisotopic (exact) mass is 612 g/mol. The summed E-state index contributed by atoms with van der Waals surface area (Å²) in [7, 11) is 0. The van der Waals surface area contributed by atoms with Gasteiger partial charge in [0.25, 0.3) is 0 Å². The molecule has 0 saturated carbocycles. The van der Waals surface area contributed by atoms with Gasteiger partial charge in [-0.25, -0.2) is 4.98 Å². The summed E-state index contributed by atoms with van der Waals surface area (Å²) in [6.45, 7) is 10.6. The molecule has 2 aromatic rings. The maximum Gasteiger partial charge on any atom is 0.243 e. The van der Waals surface area contributed by atoms with E-state index in [-0.39, 0.29) is 43.0 Å². The molecule has 1 aromatic carbocycles. The SMILES string of the molecule is Cc1ncsc1-c1ccc([C@H](C)NC(=O)[C@@H]2C[C@@H](O)CN2C(=O)[C@@H](CC(=O)CCCCCCCCCN)C(C)(C)C)cc1. The average molecular weight is 613 g/mol. The van der Waals surface area contributed by atoms with Crippen molar-refractivity contribution in [3.8, 4) is 10.4 Å². The molecule has 2 heterocycles. The Bertz CT molecular complexity index is 1190. The lowest BCUT2D eigenvalue weighted by Gasteiger charge is -2.35. The molecule has 2 amide bonds. The number of likely N-dealkylation sites (tertiary alicyclic amines) is 1. The average Bonchev–Trinajstić information content (AvgIpc) is 3.57. The Morgan fingerprint density at radius 1 is 1.07 bits per heavy atom. The molecular weight excluding hydrogens is 560 g/mol. The van der Waals surface area contributed by atoms with E-state index < -0.39 is 23.5 Å². The zero-order valence-corrected chi connectivity index (χ0v) is 27.5. The fourth-order valence-corrected chi connectivity index (χ4v) is 6.66. The van der Waals surface area contributed by atoms with Crippen molar-refractivity contribution in [2.75, 3.05) is 13.1 Å². The van der Waals surface area contributed by atoms with E-state index in [0.29, 0.717) is 6.42 Å². The number of aryl methyl sites for hydroxylation is 1. The van der Waals surface area contributed by atoms with E-state index in [0.717, 1.165) is 66.8 Å². The lowest BCUT2D eigenvalue weighted by molar-refractivity contribution is -0.146. The largest absolute Gasteiger partial charge is 0.391 e. The topological polar surface area (TPSA) is 126 Å². The van der Waals surface area contributed by atoms with Gasteiger partial charge in [0.15, 0.2) is 0 Å². The van der Waals surface area contributed by atoms with Crippen LogP contribution >= 0.6 is 11.3 Å². The molecule has 0 unspecified atom stereocenters. The molecule has 1 aliphatic heterocycles. The molecule has 0 spiro atoms. The van der Waals surface area contributed by atoms with Gasteiger partial charge in [0.05, 0.1) is 28.2 Å². The molecule has 4 N–H and O–H groups in total. The van der Waals surface area contributed by atoms with Crippen molar-refractivity contribution in [1.29, 1.82) is 0 Å². The van der Waals surface area contributed by atoms with Gasteiger partial charge in [-0.05, 0) is 49.8 Å². The van der Waals surface area contributed by atoms with E-state index in [1.807, 2.05) is 64.4 Å². The van der Waals surface area contributed by atoms with E-state index in [9.17, 15) is 19.5 Å². The van der Waals surface area contributed by atoms with E-state index >= 15 is 0 Å². The molecule has 0 bridgehead atoms. The second-order valence-corrected chi connectivity index (χ2v) is 14.0. The highest BCUT2D eigenvalue weighted by Gasteiger charge is 2.44. The number of carbonyl (C=O) groups is 3. The highest BCUT2D eigenvalue weighted by molar-refractivity contribution is 7.13. The van der Waals surface area contributed by atoms with Gasteiger partial charge in [0.1, 0.15) is 11.8 Å². The minimum atomic E-state index is -0.780. The smallest absolute Gasteiger partial charge is 0.243 e. The number of benzene rings is 1. The number of amides is 2. The van der Waals surface area contributed by atoms with Crippen LogP contribution < -0.4 is 11.1 Å². The number of ketones is 1. The molecule has 9 heteroatoms. The molecule has 4 atom stereocenters. The number of nitrogens with two attached hydrogens (primary N) is 1. The predicted octanol–water partition coefficient (Wildman–Crippen LogP) is 5.96. The van der Waals surface area contributed by atoms with E-state index in [1.54, 1.807) is 11.3 Å². The van der Waals surface area contributed by atoms with Crippen molar-refractivity contribution in [3.05, 3.63) is 41.0 Å². The Morgan fingerprint density at radius 2 is 1.70 bits per heavy atom. The second kappa shape index (κ2) is 16.5. The van der Waals surface area contributed by atoms with Gasteiger partial charge in [-0.2, -0.15) is 0 Å². The van der Waals surface area contributed by atoms with E-state index in [2.05, 4.69) is 10.3 Å². The van der Waals surface area contributed by atoms with Crippen LogP contribution in [0.3, 0.4) is 0 Å². The number of nitrogens with one attached hydrogen (secondary N) is 1. The number of hydrogen-bond acceptors (Lipinski definition) is 7. The first-order valence-corrected chi connectivity index (χ1v) is 16.8. The Hall–Kier alpha value is -2.62. The summed E-state index contributed by atoms with van der Waals surface area (Å²) in [4.78, 5) is 47.3. The van der Waals surface area contributed by atoms with Crippen molar-refractivity contribution in [3.63, 3.8) is 0 Å². The number of nitrogens with zero attached hydrogens (tertiary/aromatic N) is 2. The fraction of sp³-hybridized carbons (Fsp3) is 0.647. The number of unbranched alkanes of at least 4 members (excludes halogenated alkanes) is 6. The fourth-order valence-electron chi connectivity index (χ4n) is 5.85. The molecule has 1 aliphatic rings. The van der Waals surface area contributed by atoms with Crippen LogP contribution in [0.5, 0.6) is 0 Å². The highest BCUT2D eigenvalue weighted by Crippen LogP contribution is 2.34. The highest BCUT2D eigenvalue weighted by atomic mass is 32.1. The first-order valence-electron chi connectivity index (χ1n) is 15.9. The standard InChI is InChI=1S/C34H52N4O4S/c1-23(25-14-16-26(17-15-25)31-24(2)36-22-43-31)37-32(41)30-20-28(40)21-38(30)33(42)29(34(3,4)5)19-27(39)13-11-9-7-6-8-10-12-18-35/h14-17,22-23,28-30,40H,6-13,18-21,35H2,1-5H3,(H,37,41)/t23-,28+,29+,30-/m0/s1. The van der Waals surface area contributed by atoms with Crippen LogP contribution in [0.15, 0.2) is 29.8 Å². The maximum atomic E-state index is 13.9. The zero-order valence-electron chi connectivity index (χ0n) is 26.7. The lowest BCUT2D eigenvalue weighted by Crippen LogP contribution is -2.50. The number of Topliss-reactive ketones (excluding diaryl/α,β-unsaturated/α-hetero) is 1. The Kier molecular flexibility index (Phi) is 13.3. The number of aliphatic hydroxyl groups excluding tert-OH is 1. The van der Waals surface area contributed by atoms with Crippen molar-refractivity contribution in [1.82, 2.24) is 15.2 Å². The van der Waals surface area contributed by atoms with Crippen LogP contribution in [0.25, 0.3) is 10.4 Å². The van der Waals surface area contributed by atoms with Crippen LogP contribution in [-0.2, 0) is 14.4 Å². The number of carbonyl (C=O) groups excluding carboxylic acids is 3. The zero-order chi connectivity index (χ0) is 31.6. The first kappa shape index (κ1) is 34.9. The second-order valence-electron chi connectivity index (χ2n) is 13.2. The first-order chi connectivity index (χ1) is 20.4. The number of β-amino-alcohol motifs (C(OH)–C–C–N with tert-alkyl or cyclic N) is 1. The molecular formula is C34H52N4O4S. The third-order valence-corrected chi connectivity index (χ3v) is 9.55. The summed E-state index contributed by atoms with van der Waals surface area (Å²) in [6, 6.07) is 7.00. The van der Waals surface area contributed by atoms with Crippen LogP contribution in [0.4, 0.5) is 0 Å². The molecule has 0 aliphatic carbocycles. The summed E-state index contributed by atoms with van der Waals surface area (Å²) in [5, 5.41) is 13.6. The molecule has 43 heavy (non-hydrogen) atoms. The molecule has 238 valence electrons. The predicted molar refractivity (Wildman–Crippen MR) is 174 cm³/mol. The van der Waals surface area contributed by atoms with Crippen LogP contribution in [-0.4, -0.2) is 57.8 Å². The van der Waals surface area contributed by atoms with Gasteiger partial charge in [-0.15, -0.1) is 11.3 Å². The van der Waals surface area contributed by atoms with Crippen molar-refractivity contribution >= 4 is 28.9 Å². The minimum absolute atomic E-state index is 0.0859. The normalized spacial score (nSPS) is 18.4. The summed E-state index contributed by atoms with van der Waals surface area (Å²) in [5.41, 5.74) is 9.94. The summed E-state index contributed by atoms with van der Waals surface area (Å²) < 4.78 is 0. The molecule has 8 nitrogen and oxygen atoms in total. The number of aromatic nitrogens is 1. The van der Waals surface area contributed by atoms with E-state index in [1.165, 1.54) is 11.3 Å². The molecule has 1 fully saturated rings. The third-order valence-electron chi connectivity index (χ3n) is 8.58. The molecule has 0 radical (unpaired) electrons. The Labute approximate surface area is 261 Å². The van der Waals surface area contributed by atoms with Crippen LogP contribution in [0, 0.1) is 18.3 Å². The van der Waals surface area contributed by atoms with Gasteiger partial charge in [0.2, 0.25) is 11.8 Å². The molecule has 3 rings (SSSR count). The minimum Gasteiger partial charge on any atom is -0.391 e. The number of thiazole rings is 1. The van der Waals surface area contributed by atoms with Gasteiger partial charge < -0.3 is 21.1 Å². The third kappa shape index (κ3) is 10.2. The lowest BCUT2D eigenvalue weighted by atomic mass is 9.76. The molecule has 1 aromatic heterocycles. The number of rotatable bonds is 16. The summed E-state index contributed by atoms with van der Waals surface area (Å²) in [5.74, 6) is -0.987. The molecule has 1 saturated heterocycles. The number of aliphatic hydroxyl groups is 1. The maximum absolute atomic E-state index is 13.9. The van der Waals surface area contributed by atoms with Crippen LogP contribution in [0.1, 0.15) is 109 Å². The Morgan fingerprint density at radius 3 is 2.28 bits per heavy atom. The van der Waals surface area contributed by atoms with E-state index in [4.69, 9.17) is 5.73 Å². The van der Waals surface area contributed by atoms with Crippen LogP contribution in [0.2, 0.25) is 0 Å². The quantitative estimate of drug-likeness (QED) is 0.201.